The summed E-state index contributed by atoms with van der Waals surface area (Å²) < 4.78 is 6.84. The van der Waals surface area contributed by atoms with E-state index in [2.05, 4.69) is 10.3 Å². The van der Waals surface area contributed by atoms with Gasteiger partial charge in [-0.3, -0.25) is 4.79 Å². The van der Waals surface area contributed by atoms with Gasteiger partial charge in [-0.05, 0) is 32.0 Å². The number of benzene rings is 1. The second-order valence-electron chi connectivity index (χ2n) is 4.74. The van der Waals surface area contributed by atoms with Crippen molar-refractivity contribution in [1.82, 2.24) is 14.9 Å². The van der Waals surface area contributed by atoms with Crippen molar-refractivity contribution < 1.29 is 9.53 Å². The molecule has 0 aliphatic heterocycles. The quantitative estimate of drug-likeness (QED) is 0.636. The fraction of sp³-hybridized carbons (Fsp3) is 0.429. The summed E-state index contributed by atoms with van der Waals surface area (Å²) in [6.45, 7) is 4.73. The van der Waals surface area contributed by atoms with Gasteiger partial charge in [0.05, 0.1) is 17.6 Å². The van der Waals surface area contributed by atoms with E-state index in [0.29, 0.717) is 18.8 Å². The normalized spacial score (nSPS) is 12.6. The topological polar surface area (TPSA) is 82.2 Å². The number of carbonyl (C=O) groups excluding carboxylic acids is 1. The molecule has 2 aromatic rings. The number of hydrogen-bond acceptors (Lipinski definition) is 4. The molecule has 6 nitrogen and oxygen atoms in total. The summed E-state index contributed by atoms with van der Waals surface area (Å²) >= 11 is 0. The molecule has 108 valence electrons. The number of imidazole rings is 1. The van der Waals surface area contributed by atoms with Crippen LogP contribution in [0.3, 0.4) is 0 Å². The third-order valence-corrected chi connectivity index (χ3v) is 3.26. The summed E-state index contributed by atoms with van der Waals surface area (Å²) in [7, 11) is 1.60. The number of nitrogen functional groups attached to an aromatic ring is 1. The largest absolute Gasteiger partial charge is 0.399 e. The fourth-order valence-corrected chi connectivity index (χ4v) is 2.27. The Morgan fingerprint density at radius 3 is 3.00 bits per heavy atom. The van der Waals surface area contributed by atoms with Crippen molar-refractivity contribution in [2.45, 2.75) is 19.9 Å². The Balaban J connectivity index is 2.27. The molecule has 0 saturated carbocycles. The Kier molecular flexibility index (Phi) is 4.24. The van der Waals surface area contributed by atoms with E-state index < -0.39 is 0 Å². The smallest absolute Gasteiger partial charge is 0.242 e. The van der Waals surface area contributed by atoms with Crippen LogP contribution in [-0.4, -0.2) is 35.7 Å². The van der Waals surface area contributed by atoms with Crippen molar-refractivity contribution in [1.29, 1.82) is 0 Å². The Hall–Kier alpha value is -2.08. The second kappa shape index (κ2) is 5.92. The number of anilines is 1. The summed E-state index contributed by atoms with van der Waals surface area (Å²) in [5, 5.41) is 2.84. The number of ether oxygens (including phenoxy) is 1. The van der Waals surface area contributed by atoms with Crippen LogP contribution in [0, 0.1) is 6.92 Å². The number of nitrogens with one attached hydrogen (secondary N) is 1. The van der Waals surface area contributed by atoms with E-state index in [1.807, 2.05) is 36.6 Å². The monoisotopic (exact) mass is 276 g/mol. The number of rotatable bonds is 5. The van der Waals surface area contributed by atoms with Gasteiger partial charge in [0, 0.05) is 19.3 Å². The summed E-state index contributed by atoms with van der Waals surface area (Å²) in [5.41, 5.74) is 8.14. The van der Waals surface area contributed by atoms with Crippen molar-refractivity contribution in [3.8, 4) is 0 Å². The van der Waals surface area contributed by atoms with Gasteiger partial charge in [-0.1, -0.05) is 0 Å². The van der Waals surface area contributed by atoms with E-state index in [4.69, 9.17) is 10.5 Å². The number of hydrogen-bond donors (Lipinski definition) is 2. The lowest BCUT2D eigenvalue weighted by atomic mass is 10.2. The first-order chi connectivity index (χ1) is 9.54. The highest BCUT2D eigenvalue weighted by molar-refractivity contribution is 5.85. The number of aromatic nitrogens is 2. The minimum Gasteiger partial charge on any atom is -0.399 e. The van der Waals surface area contributed by atoms with Crippen molar-refractivity contribution >= 4 is 22.6 Å². The molecule has 1 atom stereocenters. The van der Waals surface area contributed by atoms with Crippen LogP contribution in [0.5, 0.6) is 0 Å². The fourth-order valence-electron chi connectivity index (χ4n) is 2.27. The molecule has 0 aliphatic rings. The van der Waals surface area contributed by atoms with E-state index in [1.165, 1.54) is 0 Å². The van der Waals surface area contributed by atoms with E-state index >= 15 is 0 Å². The van der Waals surface area contributed by atoms with Crippen LogP contribution in [0.15, 0.2) is 18.2 Å². The van der Waals surface area contributed by atoms with Crippen molar-refractivity contribution in [3.05, 3.63) is 24.0 Å². The third-order valence-electron chi connectivity index (χ3n) is 3.26. The molecule has 1 amide bonds. The number of methoxy groups -OCH3 is 1. The molecule has 0 spiro atoms. The number of nitrogens with two attached hydrogens (primary N) is 1. The molecule has 3 N–H and O–H groups in total. The lowest BCUT2D eigenvalue weighted by Crippen LogP contribution is -2.33. The van der Waals surface area contributed by atoms with Crippen LogP contribution < -0.4 is 11.1 Å². The van der Waals surface area contributed by atoms with Gasteiger partial charge in [0.2, 0.25) is 5.91 Å². The highest BCUT2D eigenvalue weighted by atomic mass is 16.5. The maximum Gasteiger partial charge on any atom is 0.242 e. The van der Waals surface area contributed by atoms with Gasteiger partial charge in [0.15, 0.2) is 0 Å². The molecule has 0 bridgehead atoms. The van der Waals surface area contributed by atoms with Gasteiger partial charge in [-0.2, -0.15) is 0 Å². The SMILES string of the molecule is COCCNC(=O)C(C)n1c(C)nc2cc(N)ccc21. The second-order valence-corrected chi connectivity index (χ2v) is 4.74. The Morgan fingerprint density at radius 1 is 1.55 bits per heavy atom. The highest BCUT2D eigenvalue weighted by Gasteiger charge is 2.19. The average molecular weight is 276 g/mol. The zero-order chi connectivity index (χ0) is 14.7. The molecule has 20 heavy (non-hydrogen) atoms. The lowest BCUT2D eigenvalue weighted by Gasteiger charge is -2.16. The summed E-state index contributed by atoms with van der Waals surface area (Å²) in [6, 6.07) is 5.19. The maximum atomic E-state index is 12.1. The van der Waals surface area contributed by atoms with Crippen LogP contribution in [0.25, 0.3) is 11.0 Å². The van der Waals surface area contributed by atoms with E-state index in [-0.39, 0.29) is 11.9 Å². The van der Waals surface area contributed by atoms with E-state index in [0.717, 1.165) is 16.9 Å². The first kappa shape index (κ1) is 14.3. The van der Waals surface area contributed by atoms with Crippen LogP contribution in [0.2, 0.25) is 0 Å². The van der Waals surface area contributed by atoms with Crippen LogP contribution in [0.4, 0.5) is 5.69 Å². The highest BCUT2D eigenvalue weighted by Crippen LogP contribution is 2.22. The molecule has 6 heteroatoms. The van der Waals surface area contributed by atoms with Crippen molar-refractivity contribution in [2.75, 3.05) is 26.0 Å². The van der Waals surface area contributed by atoms with Crippen LogP contribution >= 0.6 is 0 Å². The summed E-state index contributed by atoms with van der Waals surface area (Å²) in [4.78, 5) is 16.6. The molecule has 2 rings (SSSR count). The van der Waals surface area contributed by atoms with E-state index in [1.54, 1.807) is 7.11 Å². The van der Waals surface area contributed by atoms with Gasteiger partial charge in [0.25, 0.3) is 0 Å². The Bertz CT molecular complexity index is 621. The first-order valence-corrected chi connectivity index (χ1v) is 6.55. The van der Waals surface area contributed by atoms with Gasteiger partial charge in [-0.15, -0.1) is 0 Å². The van der Waals surface area contributed by atoms with Gasteiger partial charge in [-0.25, -0.2) is 4.98 Å². The van der Waals surface area contributed by atoms with E-state index in [9.17, 15) is 4.79 Å². The van der Waals surface area contributed by atoms with Crippen molar-refractivity contribution in [3.63, 3.8) is 0 Å². The molecule has 0 radical (unpaired) electrons. The Morgan fingerprint density at radius 2 is 2.30 bits per heavy atom. The molecular formula is C14H20N4O2. The minimum atomic E-state index is -0.333. The summed E-state index contributed by atoms with van der Waals surface area (Å²) in [5.74, 6) is 0.737. The number of amides is 1. The molecule has 1 unspecified atom stereocenters. The zero-order valence-corrected chi connectivity index (χ0v) is 12.0. The van der Waals surface area contributed by atoms with Crippen molar-refractivity contribution in [2.24, 2.45) is 0 Å². The maximum absolute atomic E-state index is 12.1. The molecule has 1 heterocycles. The standard InChI is InChI=1S/C14H20N4O2/c1-9(14(19)16-6-7-20-3)18-10(2)17-12-8-11(15)4-5-13(12)18/h4-5,8-9H,6-7,15H2,1-3H3,(H,16,19). The number of aryl methyl sites for hydroxylation is 1. The molecule has 1 aromatic heterocycles. The molecule has 0 fully saturated rings. The third kappa shape index (κ3) is 2.75. The average Bonchev–Trinajstić information content (AvgIpc) is 2.73. The molecule has 0 aliphatic carbocycles. The summed E-state index contributed by atoms with van der Waals surface area (Å²) in [6.07, 6.45) is 0. The first-order valence-electron chi connectivity index (χ1n) is 6.55. The van der Waals surface area contributed by atoms with Gasteiger partial charge >= 0.3 is 0 Å². The minimum absolute atomic E-state index is 0.0544. The number of fused-ring (bicyclic) bond motifs is 1. The number of carbonyl (C=O) groups is 1. The lowest BCUT2D eigenvalue weighted by molar-refractivity contribution is -0.124. The predicted octanol–water partition coefficient (Wildman–Crippen LogP) is 1.25. The molecule has 0 saturated heterocycles. The Labute approximate surface area is 117 Å². The predicted molar refractivity (Wildman–Crippen MR) is 78.5 cm³/mol. The molecule has 1 aromatic carbocycles. The van der Waals surface area contributed by atoms with Crippen LogP contribution in [0.1, 0.15) is 18.8 Å². The van der Waals surface area contributed by atoms with Crippen LogP contribution in [-0.2, 0) is 9.53 Å². The molecular weight excluding hydrogens is 256 g/mol. The number of nitrogens with zero attached hydrogens (tertiary/aromatic N) is 2. The van der Waals surface area contributed by atoms with Gasteiger partial charge in [0.1, 0.15) is 11.9 Å². The zero-order valence-electron chi connectivity index (χ0n) is 12.0. The van der Waals surface area contributed by atoms with Gasteiger partial charge < -0.3 is 20.4 Å².